The summed E-state index contributed by atoms with van der Waals surface area (Å²) in [5.41, 5.74) is 2.51. The number of ether oxygens (including phenoxy) is 4. The SMILES string of the molecule is C=CCOc1ccc([C@@H]2/C(=C(\O)c3ccc4c(c3)C[C@@H](C)O4)C(=O)C(=O)N2c2nc3ccc(OCC)cc3s2)cc1OCC. The minimum atomic E-state index is -0.988. The molecule has 4 aromatic rings. The van der Waals surface area contributed by atoms with Gasteiger partial charge in [-0.15, -0.1) is 0 Å². The number of thiazole rings is 1. The largest absolute Gasteiger partial charge is 0.507 e. The highest BCUT2D eigenvalue weighted by molar-refractivity contribution is 7.22. The summed E-state index contributed by atoms with van der Waals surface area (Å²) in [6.45, 7) is 10.6. The van der Waals surface area contributed by atoms with Crippen molar-refractivity contribution in [3.8, 4) is 23.0 Å². The molecule has 2 aliphatic rings. The summed E-state index contributed by atoms with van der Waals surface area (Å²) in [5.74, 6) is 0.474. The average Bonchev–Trinajstić information content (AvgIpc) is 3.68. The highest BCUT2D eigenvalue weighted by Gasteiger charge is 2.48. The fourth-order valence-corrected chi connectivity index (χ4v) is 6.57. The number of aromatic nitrogens is 1. The van der Waals surface area contributed by atoms with Crippen molar-refractivity contribution in [2.45, 2.75) is 39.3 Å². The molecule has 1 fully saturated rings. The molecule has 0 saturated carbocycles. The quantitative estimate of drug-likeness (QED) is 0.0923. The molecule has 0 aliphatic carbocycles. The second-order valence-corrected chi connectivity index (χ2v) is 11.4. The molecule has 0 unspecified atom stereocenters. The van der Waals surface area contributed by atoms with Gasteiger partial charge in [0.2, 0.25) is 0 Å². The summed E-state index contributed by atoms with van der Waals surface area (Å²) in [6, 6.07) is 15.0. The van der Waals surface area contributed by atoms with E-state index in [1.54, 1.807) is 36.4 Å². The van der Waals surface area contributed by atoms with Gasteiger partial charge in [-0.1, -0.05) is 30.1 Å². The molecular formula is C34H32N2O7S. The number of nitrogens with zero attached hydrogens (tertiary/aromatic N) is 2. The summed E-state index contributed by atoms with van der Waals surface area (Å²) in [7, 11) is 0. The number of fused-ring (bicyclic) bond motifs is 2. The molecule has 0 spiro atoms. The number of rotatable bonds is 10. The first-order chi connectivity index (χ1) is 21.3. The zero-order valence-corrected chi connectivity index (χ0v) is 25.5. The van der Waals surface area contributed by atoms with E-state index in [9.17, 15) is 14.7 Å². The lowest BCUT2D eigenvalue weighted by atomic mass is 9.94. The normalized spacial score (nSPS) is 18.8. The van der Waals surface area contributed by atoms with E-state index in [1.165, 1.54) is 16.2 Å². The van der Waals surface area contributed by atoms with Crippen LogP contribution in [0.2, 0.25) is 0 Å². The van der Waals surface area contributed by atoms with Gasteiger partial charge in [-0.25, -0.2) is 4.98 Å². The van der Waals surface area contributed by atoms with Crippen molar-refractivity contribution in [1.29, 1.82) is 0 Å². The molecule has 2 atom stereocenters. The number of ketones is 1. The summed E-state index contributed by atoms with van der Waals surface area (Å²) in [5, 5.41) is 12.0. The van der Waals surface area contributed by atoms with Gasteiger partial charge in [0.25, 0.3) is 5.78 Å². The molecule has 0 bridgehead atoms. The molecule has 2 aliphatic heterocycles. The van der Waals surface area contributed by atoms with E-state index in [-0.39, 0.29) is 24.0 Å². The summed E-state index contributed by atoms with van der Waals surface area (Å²) in [6.07, 6.45) is 2.31. The predicted molar refractivity (Wildman–Crippen MR) is 169 cm³/mol. The van der Waals surface area contributed by atoms with Crippen LogP contribution in [0.1, 0.15) is 43.5 Å². The van der Waals surface area contributed by atoms with E-state index in [4.69, 9.17) is 23.9 Å². The van der Waals surface area contributed by atoms with Crippen LogP contribution in [0.25, 0.3) is 16.0 Å². The van der Waals surface area contributed by atoms with Gasteiger partial charge >= 0.3 is 5.91 Å². The Bertz CT molecular complexity index is 1810. The Kier molecular flexibility index (Phi) is 8.01. The van der Waals surface area contributed by atoms with Crippen LogP contribution in [0.15, 0.2) is 72.8 Å². The van der Waals surface area contributed by atoms with Crippen LogP contribution in [0.4, 0.5) is 5.13 Å². The number of hydrogen-bond acceptors (Lipinski definition) is 9. The van der Waals surface area contributed by atoms with Crippen LogP contribution in [0.3, 0.4) is 0 Å². The van der Waals surface area contributed by atoms with Gasteiger partial charge < -0.3 is 24.1 Å². The second kappa shape index (κ2) is 12.0. The van der Waals surface area contributed by atoms with Gasteiger partial charge in [0.1, 0.15) is 30.0 Å². The smallest absolute Gasteiger partial charge is 0.301 e. The van der Waals surface area contributed by atoms with Crippen LogP contribution in [0.5, 0.6) is 23.0 Å². The second-order valence-electron chi connectivity index (χ2n) is 10.4. The van der Waals surface area contributed by atoms with Gasteiger partial charge in [0.15, 0.2) is 16.6 Å². The molecule has 1 amide bonds. The number of amides is 1. The number of anilines is 1. The third kappa shape index (κ3) is 5.26. The maximum atomic E-state index is 13.8. The van der Waals surface area contributed by atoms with Crippen molar-refractivity contribution >= 4 is 44.1 Å². The Hall–Kier alpha value is -4.83. The van der Waals surface area contributed by atoms with E-state index in [1.807, 2.05) is 45.0 Å². The zero-order valence-electron chi connectivity index (χ0n) is 24.7. The molecular weight excluding hydrogens is 580 g/mol. The maximum Gasteiger partial charge on any atom is 0.301 e. The minimum absolute atomic E-state index is 0.00839. The fraction of sp³-hybridized carbons (Fsp3) is 0.265. The van der Waals surface area contributed by atoms with Crippen LogP contribution >= 0.6 is 11.3 Å². The molecule has 3 heterocycles. The first kappa shape index (κ1) is 29.3. The van der Waals surface area contributed by atoms with Gasteiger partial charge in [0, 0.05) is 12.0 Å². The molecule has 9 nitrogen and oxygen atoms in total. The van der Waals surface area contributed by atoms with E-state index in [2.05, 4.69) is 6.58 Å². The molecule has 10 heteroatoms. The third-order valence-electron chi connectivity index (χ3n) is 7.42. The predicted octanol–water partition coefficient (Wildman–Crippen LogP) is 6.61. The molecule has 44 heavy (non-hydrogen) atoms. The highest BCUT2D eigenvalue weighted by Crippen LogP contribution is 2.46. The molecule has 1 N–H and O–H groups in total. The number of benzene rings is 3. The van der Waals surface area contributed by atoms with E-state index >= 15 is 0 Å². The maximum absolute atomic E-state index is 13.8. The van der Waals surface area contributed by atoms with E-state index in [0.29, 0.717) is 58.7 Å². The Morgan fingerprint density at radius 1 is 1.07 bits per heavy atom. The third-order valence-corrected chi connectivity index (χ3v) is 8.44. The molecule has 3 aromatic carbocycles. The minimum Gasteiger partial charge on any atom is -0.507 e. The van der Waals surface area contributed by atoms with Crippen molar-refractivity contribution in [2.75, 3.05) is 24.7 Å². The van der Waals surface area contributed by atoms with Gasteiger partial charge in [-0.05, 0) is 80.4 Å². The first-order valence-electron chi connectivity index (χ1n) is 14.5. The lowest BCUT2D eigenvalue weighted by Crippen LogP contribution is -2.29. The number of Topliss-reactive ketones (excluding diaryl/α,β-unsaturated/α-hetero) is 1. The lowest BCUT2D eigenvalue weighted by molar-refractivity contribution is -0.132. The highest BCUT2D eigenvalue weighted by atomic mass is 32.1. The monoisotopic (exact) mass is 612 g/mol. The van der Waals surface area contributed by atoms with Crippen LogP contribution in [-0.2, 0) is 16.0 Å². The Labute approximate surface area is 259 Å². The Morgan fingerprint density at radius 3 is 2.66 bits per heavy atom. The van der Waals surface area contributed by atoms with Crippen LogP contribution in [-0.4, -0.2) is 47.7 Å². The lowest BCUT2D eigenvalue weighted by Gasteiger charge is -2.24. The number of aliphatic hydroxyl groups is 1. The average molecular weight is 613 g/mol. The topological polar surface area (TPSA) is 107 Å². The van der Waals surface area contributed by atoms with Crippen molar-refractivity contribution in [3.05, 3.63) is 89.5 Å². The van der Waals surface area contributed by atoms with E-state index < -0.39 is 17.7 Å². The summed E-state index contributed by atoms with van der Waals surface area (Å²) >= 11 is 1.27. The zero-order chi connectivity index (χ0) is 31.0. The molecule has 0 radical (unpaired) electrons. The van der Waals surface area contributed by atoms with Gasteiger partial charge in [0.05, 0.1) is 35.0 Å². The van der Waals surface area contributed by atoms with Crippen LogP contribution in [0, 0.1) is 0 Å². The summed E-state index contributed by atoms with van der Waals surface area (Å²) in [4.78, 5) is 33.7. The Balaban J connectivity index is 1.52. The fourth-order valence-electron chi connectivity index (χ4n) is 5.55. The standard InChI is InChI=1S/C34H32N2O7S/c1-5-14-42-26-13-8-20(17-27(26)41-7-3)30-29(31(37)21-9-12-25-22(16-21)15-19(4)43-25)32(38)33(39)36(30)34-35-24-11-10-23(40-6-2)18-28(24)44-34/h5,8-13,16-19,30,37H,1,6-7,14-15H2,2-4H3/b31-29+/t19-,30-/m1/s1. The molecule has 6 rings (SSSR count). The van der Waals surface area contributed by atoms with Crippen molar-refractivity contribution in [2.24, 2.45) is 0 Å². The van der Waals surface area contributed by atoms with Crippen molar-refractivity contribution in [3.63, 3.8) is 0 Å². The number of carbonyl (C=O) groups is 2. The van der Waals surface area contributed by atoms with Gasteiger partial charge in [-0.3, -0.25) is 14.5 Å². The number of carbonyl (C=O) groups excluding carboxylic acids is 2. The van der Waals surface area contributed by atoms with Crippen LogP contribution < -0.4 is 23.8 Å². The molecule has 1 saturated heterocycles. The number of hydrogen-bond donors (Lipinski definition) is 1. The molecule has 226 valence electrons. The van der Waals surface area contributed by atoms with Gasteiger partial charge in [-0.2, -0.15) is 0 Å². The van der Waals surface area contributed by atoms with Crippen molar-refractivity contribution in [1.82, 2.24) is 4.98 Å². The van der Waals surface area contributed by atoms with E-state index in [0.717, 1.165) is 16.0 Å². The first-order valence-corrected chi connectivity index (χ1v) is 15.3. The molecule has 1 aromatic heterocycles. The Morgan fingerprint density at radius 2 is 1.89 bits per heavy atom. The number of aliphatic hydroxyl groups excluding tert-OH is 1. The summed E-state index contributed by atoms with van der Waals surface area (Å²) < 4.78 is 23.9. The van der Waals surface area contributed by atoms with Crippen molar-refractivity contribution < 1.29 is 33.6 Å².